The molecular weight excluding hydrogens is 587 g/mol. The fourth-order valence-electron chi connectivity index (χ4n) is 6.24. The van der Waals surface area contributed by atoms with Gasteiger partial charge in [0.1, 0.15) is 46.8 Å². The van der Waals surface area contributed by atoms with Gasteiger partial charge in [0.15, 0.2) is 5.65 Å². The van der Waals surface area contributed by atoms with Crippen molar-refractivity contribution in [1.82, 2.24) is 29.5 Å². The first-order chi connectivity index (χ1) is 22.2. The Labute approximate surface area is 267 Å². The molecule has 0 saturated carbocycles. The number of hydrogen-bond donors (Lipinski definition) is 1. The van der Waals surface area contributed by atoms with E-state index < -0.39 is 5.82 Å². The molecule has 1 atom stereocenters. The monoisotopic (exact) mass is 624 g/mol. The van der Waals surface area contributed by atoms with Crippen molar-refractivity contribution < 1.29 is 18.7 Å². The minimum Gasteiger partial charge on any atom is -0.457 e. The van der Waals surface area contributed by atoms with Crippen LogP contribution in [0.3, 0.4) is 0 Å². The maximum absolute atomic E-state index is 15.6. The maximum atomic E-state index is 15.6. The van der Waals surface area contributed by atoms with Crippen LogP contribution in [-0.2, 0) is 9.53 Å². The minimum absolute atomic E-state index is 0.122. The van der Waals surface area contributed by atoms with Gasteiger partial charge < -0.3 is 20.1 Å². The van der Waals surface area contributed by atoms with Gasteiger partial charge >= 0.3 is 0 Å². The number of carbonyl (C=O) groups is 1. The minimum atomic E-state index is -0.535. The molecule has 1 amide bonds. The van der Waals surface area contributed by atoms with E-state index >= 15 is 4.39 Å². The normalized spacial score (nSPS) is 18.0. The quantitative estimate of drug-likeness (QED) is 0.213. The van der Waals surface area contributed by atoms with E-state index in [-0.39, 0.29) is 34.3 Å². The Morgan fingerprint density at radius 2 is 1.93 bits per heavy atom. The Morgan fingerprint density at radius 1 is 1.15 bits per heavy atom. The number of carbonyl (C=O) groups excluding carboxylic acids is 1. The van der Waals surface area contributed by atoms with Crippen molar-refractivity contribution in [2.75, 3.05) is 51.7 Å². The standard InChI is InChI=1S/C34H37FN8O3/c1-34(2,21-41-13-15-45-16-14-41)18-23(19-36)33(44)42-12-6-7-24(20-42)43-32-29(31(37)38-22-39-32)30(40-43)27-11-10-26(17-28(27)35)46-25-8-4-3-5-9-25/h3-5,8-11,17-18,22,24H,6-7,12-16,20-21H2,1-2H3,(H2,37,38,39)/t24-/m1/s1. The smallest absolute Gasteiger partial charge is 0.264 e. The average Bonchev–Trinajstić information content (AvgIpc) is 3.45. The zero-order valence-corrected chi connectivity index (χ0v) is 26.0. The summed E-state index contributed by atoms with van der Waals surface area (Å²) < 4.78 is 28.6. The van der Waals surface area contributed by atoms with E-state index in [0.29, 0.717) is 67.4 Å². The van der Waals surface area contributed by atoms with Crippen molar-refractivity contribution in [3.8, 4) is 28.8 Å². The number of nitrogens with two attached hydrogens (primary N) is 1. The number of rotatable bonds is 8. The third kappa shape index (κ3) is 6.71. The van der Waals surface area contributed by atoms with Gasteiger partial charge in [0.05, 0.1) is 24.6 Å². The summed E-state index contributed by atoms with van der Waals surface area (Å²) >= 11 is 0. The third-order valence-electron chi connectivity index (χ3n) is 8.34. The van der Waals surface area contributed by atoms with Crippen LogP contribution >= 0.6 is 0 Å². The van der Waals surface area contributed by atoms with Crippen molar-refractivity contribution >= 4 is 22.8 Å². The second-order valence-corrected chi connectivity index (χ2v) is 12.4. The molecule has 0 spiro atoms. The van der Waals surface area contributed by atoms with Gasteiger partial charge in [-0.15, -0.1) is 0 Å². The molecule has 238 valence electrons. The predicted molar refractivity (Wildman–Crippen MR) is 171 cm³/mol. The number of anilines is 1. The lowest BCUT2D eigenvalue weighted by Crippen LogP contribution is -2.43. The lowest BCUT2D eigenvalue weighted by Gasteiger charge is -2.34. The predicted octanol–water partition coefficient (Wildman–Crippen LogP) is 4.98. The molecule has 2 aromatic heterocycles. The average molecular weight is 625 g/mol. The van der Waals surface area contributed by atoms with Gasteiger partial charge in [-0.3, -0.25) is 9.69 Å². The van der Waals surface area contributed by atoms with E-state index in [1.807, 2.05) is 32.0 Å². The van der Waals surface area contributed by atoms with Crippen LogP contribution in [0.2, 0.25) is 0 Å². The highest BCUT2D eigenvalue weighted by molar-refractivity contribution is 5.99. The fourth-order valence-corrected chi connectivity index (χ4v) is 6.24. The number of piperidine rings is 1. The highest BCUT2D eigenvalue weighted by atomic mass is 19.1. The molecule has 2 fully saturated rings. The molecule has 6 rings (SSSR count). The number of ether oxygens (including phenoxy) is 2. The van der Waals surface area contributed by atoms with Gasteiger partial charge in [0.25, 0.3) is 5.91 Å². The van der Waals surface area contributed by atoms with Crippen LogP contribution < -0.4 is 10.5 Å². The zero-order chi connectivity index (χ0) is 32.3. The summed E-state index contributed by atoms with van der Waals surface area (Å²) in [5.74, 6) is 0.265. The first-order valence-corrected chi connectivity index (χ1v) is 15.5. The molecule has 2 aliphatic rings. The molecule has 11 nitrogen and oxygen atoms in total. The fraction of sp³-hybridized carbons (Fsp3) is 0.382. The number of nitrogen functional groups attached to an aromatic ring is 1. The van der Waals surface area contributed by atoms with Crippen molar-refractivity contribution in [3.05, 3.63) is 72.3 Å². The van der Waals surface area contributed by atoms with Crippen LogP contribution in [0.25, 0.3) is 22.3 Å². The highest BCUT2D eigenvalue weighted by Gasteiger charge is 2.32. The summed E-state index contributed by atoms with van der Waals surface area (Å²) in [7, 11) is 0. The Balaban J connectivity index is 1.26. The number of morpholine rings is 1. The largest absolute Gasteiger partial charge is 0.457 e. The summed E-state index contributed by atoms with van der Waals surface area (Å²) in [6.07, 6.45) is 4.55. The van der Waals surface area contributed by atoms with Gasteiger partial charge in [0, 0.05) is 44.4 Å². The summed E-state index contributed by atoms with van der Waals surface area (Å²) in [4.78, 5) is 26.3. The maximum Gasteiger partial charge on any atom is 0.264 e. The number of benzene rings is 2. The van der Waals surface area contributed by atoms with E-state index in [4.69, 9.17) is 20.3 Å². The molecule has 2 aliphatic heterocycles. The summed E-state index contributed by atoms with van der Waals surface area (Å²) in [6, 6.07) is 15.6. The number of nitriles is 1. The van der Waals surface area contributed by atoms with E-state index in [1.165, 1.54) is 12.4 Å². The van der Waals surface area contributed by atoms with E-state index in [1.54, 1.807) is 39.9 Å². The molecule has 0 radical (unpaired) electrons. The number of fused-ring (bicyclic) bond motifs is 1. The number of likely N-dealkylation sites (tertiary alicyclic amines) is 1. The number of aromatic nitrogens is 4. The van der Waals surface area contributed by atoms with Crippen molar-refractivity contribution in [1.29, 1.82) is 5.26 Å². The van der Waals surface area contributed by atoms with Crippen LogP contribution in [0, 0.1) is 22.6 Å². The number of hydrogen-bond acceptors (Lipinski definition) is 9. The Kier molecular flexibility index (Phi) is 8.96. The molecule has 46 heavy (non-hydrogen) atoms. The lowest BCUT2D eigenvalue weighted by molar-refractivity contribution is -0.128. The molecular formula is C34H37FN8O3. The van der Waals surface area contributed by atoms with Crippen LogP contribution in [0.15, 0.2) is 66.5 Å². The number of halogens is 1. The Morgan fingerprint density at radius 3 is 2.67 bits per heavy atom. The third-order valence-corrected chi connectivity index (χ3v) is 8.34. The molecule has 0 bridgehead atoms. The second kappa shape index (κ2) is 13.2. The van der Waals surface area contributed by atoms with Gasteiger partial charge in [-0.25, -0.2) is 19.0 Å². The van der Waals surface area contributed by atoms with E-state index in [2.05, 4.69) is 20.9 Å². The molecule has 0 aliphatic carbocycles. The Bertz CT molecular complexity index is 1790. The number of amides is 1. The molecule has 4 aromatic rings. The van der Waals surface area contributed by atoms with Gasteiger partial charge in [-0.05, 0) is 42.5 Å². The van der Waals surface area contributed by atoms with Gasteiger partial charge in [-0.2, -0.15) is 10.4 Å². The first kappa shape index (κ1) is 31.1. The first-order valence-electron chi connectivity index (χ1n) is 15.5. The summed E-state index contributed by atoms with van der Waals surface area (Å²) in [5.41, 5.74) is 7.03. The summed E-state index contributed by atoms with van der Waals surface area (Å²) in [5, 5.41) is 15.3. The van der Waals surface area contributed by atoms with Crippen LogP contribution in [0.4, 0.5) is 10.2 Å². The van der Waals surface area contributed by atoms with E-state index in [9.17, 15) is 10.1 Å². The Hall–Kier alpha value is -4.86. The van der Waals surface area contributed by atoms with Crippen molar-refractivity contribution in [2.24, 2.45) is 5.41 Å². The van der Waals surface area contributed by atoms with Crippen LogP contribution in [0.1, 0.15) is 32.7 Å². The van der Waals surface area contributed by atoms with Crippen LogP contribution in [0.5, 0.6) is 11.5 Å². The second-order valence-electron chi connectivity index (χ2n) is 12.4. The topological polar surface area (TPSA) is 135 Å². The molecule has 0 unspecified atom stereocenters. The molecule has 12 heteroatoms. The van der Waals surface area contributed by atoms with E-state index in [0.717, 1.165) is 19.6 Å². The lowest BCUT2D eigenvalue weighted by atomic mass is 9.89. The van der Waals surface area contributed by atoms with Crippen LogP contribution in [-0.4, -0.2) is 81.4 Å². The van der Waals surface area contributed by atoms with Crippen molar-refractivity contribution in [3.63, 3.8) is 0 Å². The summed E-state index contributed by atoms with van der Waals surface area (Å²) in [6.45, 7) is 8.62. The SMILES string of the molecule is CC(C)(C=C(C#N)C(=O)N1CCC[C@@H](n2nc(-c3ccc(Oc4ccccc4)cc3F)c3c(N)ncnc32)C1)CN1CCOCC1. The molecule has 2 saturated heterocycles. The van der Waals surface area contributed by atoms with Gasteiger partial charge in [-0.1, -0.05) is 38.1 Å². The highest BCUT2D eigenvalue weighted by Crippen LogP contribution is 2.36. The number of nitrogens with zero attached hydrogens (tertiary/aromatic N) is 7. The van der Waals surface area contributed by atoms with Gasteiger partial charge in [0.2, 0.25) is 0 Å². The zero-order valence-electron chi connectivity index (χ0n) is 26.0. The number of para-hydroxylation sites is 1. The molecule has 2 aromatic carbocycles. The molecule has 2 N–H and O–H groups in total. The molecule has 4 heterocycles. The van der Waals surface area contributed by atoms with Crippen molar-refractivity contribution in [2.45, 2.75) is 32.7 Å².